The molecule has 1 amide bonds. The number of ether oxygens (including phenoxy) is 2. The van der Waals surface area contributed by atoms with Gasteiger partial charge in [-0.25, -0.2) is 4.98 Å². The van der Waals surface area contributed by atoms with Crippen LogP contribution in [0.25, 0.3) is 17.4 Å². The van der Waals surface area contributed by atoms with E-state index in [0.717, 1.165) is 6.42 Å². The van der Waals surface area contributed by atoms with Gasteiger partial charge in [-0.05, 0) is 30.7 Å². The van der Waals surface area contributed by atoms with Gasteiger partial charge in [-0.2, -0.15) is 9.78 Å². The summed E-state index contributed by atoms with van der Waals surface area (Å²) in [6.07, 6.45) is 2.98. The normalized spacial score (nSPS) is 10.8. The summed E-state index contributed by atoms with van der Waals surface area (Å²) in [5, 5.41) is 7.33. The summed E-state index contributed by atoms with van der Waals surface area (Å²) in [5.74, 6) is 1.44. The zero-order valence-corrected chi connectivity index (χ0v) is 18.4. The number of carbonyl (C=O) groups excluding carboxylic acids is 1. The zero-order chi connectivity index (χ0) is 23.4. The summed E-state index contributed by atoms with van der Waals surface area (Å²) in [5.41, 5.74) is 1.07. The number of nitrogens with one attached hydrogen (secondary N) is 2. The average Bonchev–Trinajstić information content (AvgIpc) is 3.48. The van der Waals surface area contributed by atoms with E-state index in [2.05, 4.69) is 20.4 Å². The van der Waals surface area contributed by atoms with Crippen molar-refractivity contribution in [1.29, 1.82) is 0 Å². The number of benzene rings is 1. The number of amides is 1. The molecule has 0 atom stereocenters. The Hall–Kier alpha value is -4.34. The van der Waals surface area contributed by atoms with Crippen LogP contribution in [-0.2, 0) is 6.42 Å². The molecular formula is C23H23N5O5. The topological polar surface area (TPSA) is 124 Å². The largest absolute Gasteiger partial charge is 0.497 e. The van der Waals surface area contributed by atoms with E-state index in [4.69, 9.17) is 13.9 Å². The quantitative estimate of drug-likeness (QED) is 0.422. The number of hydrogen-bond donors (Lipinski definition) is 2. The molecule has 10 heteroatoms. The first-order valence-corrected chi connectivity index (χ1v) is 10.3. The Morgan fingerprint density at radius 1 is 1.18 bits per heavy atom. The van der Waals surface area contributed by atoms with Crippen LogP contribution in [0.5, 0.6) is 11.5 Å². The van der Waals surface area contributed by atoms with Gasteiger partial charge in [0.15, 0.2) is 5.76 Å². The number of nitrogens with zero attached hydrogens (tertiary/aromatic N) is 3. The van der Waals surface area contributed by atoms with Gasteiger partial charge < -0.3 is 19.2 Å². The molecule has 3 heterocycles. The van der Waals surface area contributed by atoms with Crippen molar-refractivity contribution in [2.45, 2.75) is 19.8 Å². The molecule has 4 rings (SSSR count). The lowest BCUT2D eigenvalue weighted by Crippen LogP contribution is -2.19. The third-order valence-electron chi connectivity index (χ3n) is 4.87. The summed E-state index contributed by atoms with van der Waals surface area (Å²) in [4.78, 5) is 32.5. The highest BCUT2D eigenvalue weighted by molar-refractivity contribution is 6.06. The molecule has 2 N–H and O–H groups in total. The fraction of sp³-hybridized carbons (Fsp3) is 0.217. The third kappa shape index (κ3) is 4.64. The van der Waals surface area contributed by atoms with E-state index in [1.165, 1.54) is 31.2 Å². The van der Waals surface area contributed by atoms with Gasteiger partial charge in [0.25, 0.3) is 11.5 Å². The van der Waals surface area contributed by atoms with Crippen LogP contribution in [0.4, 0.5) is 5.82 Å². The third-order valence-corrected chi connectivity index (χ3v) is 4.87. The molecule has 4 aromatic rings. The molecule has 0 saturated heterocycles. The van der Waals surface area contributed by atoms with E-state index >= 15 is 0 Å². The molecule has 0 aliphatic rings. The van der Waals surface area contributed by atoms with Crippen LogP contribution in [-0.4, -0.2) is 39.9 Å². The fourth-order valence-electron chi connectivity index (χ4n) is 3.32. The summed E-state index contributed by atoms with van der Waals surface area (Å²) < 4.78 is 17.4. The van der Waals surface area contributed by atoms with Crippen LogP contribution in [0.2, 0.25) is 0 Å². The van der Waals surface area contributed by atoms with E-state index in [1.807, 2.05) is 6.92 Å². The lowest BCUT2D eigenvalue weighted by Gasteiger charge is -2.12. The van der Waals surface area contributed by atoms with Crippen molar-refractivity contribution in [1.82, 2.24) is 19.7 Å². The Kier molecular flexibility index (Phi) is 6.25. The van der Waals surface area contributed by atoms with Crippen LogP contribution in [0.3, 0.4) is 0 Å². The maximum absolute atomic E-state index is 13.1. The number of aromatic nitrogens is 4. The molecule has 0 aliphatic heterocycles. The van der Waals surface area contributed by atoms with Gasteiger partial charge in [-0.15, -0.1) is 0 Å². The maximum atomic E-state index is 13.1. The molecule has 0 radical (unpaired) electrons. The minimum Gasteiger partial charge on any atom is -0.497 e. The average molecular weight is 449 g/mol. The highest BCUT2D eigenvalue weighted by atomic mass is 16.5. The summed E-state index contributed by atoms with van der Waals surface area (Å²) >= 11 is 0. The first kappa shape index (κ1) is 21.9. The molecule has 0 fully saturated rings. The molecule has 33 heavy (non-hydrogen) atoms. The molecule has 170 valence electrons. The number of rotatable bonds is 8. The second kappa shape index (κ2) is 9.43. The van der Waals surface area contributed by atoms with Gasteiger partial charge in [0, 0.05) is 23.9 Å². The van der Waals surface area contributed by atoms with Gasteiger partial charge in [0.2, 0.25) is 5.95 Å². The first-order chi connectivity index (χ1) is 16.0. The first-order valence-electron chi connectivity index (χ1n) is 10.3. The van der Waals surface area contributed by atoms with Crippen molar-refractivity contribution in [3.05, 3.63) is 70.3 Å². The van der Waals surface area contributed by atoms with E-state index < -0.39 is 5.91 Å². The summed E-state index contributed by atoms with van der Waals surface area (Å²) in [6.45, 7) is 2.00. The van der Waals surface area contributed by atoms with E-state index in [9.17, 15) is 9.59 Å². The number of aryl methyl sites for hydroxylation is 1. The Morgan fingerprint density at radius 2 is 2.03 bits per heavy atom. The van der Waals surface area contributed by atoms with Gasteiger partial charge in [-0.3, -0.25) is 14.6 Å². The summed E-state index contributed by atoms with van der Waals surface area (Å²) in [6, 6.07) is 11.4. The SMILES string of the molecule is CCCc1cc(=O)[nH]c(-n2nc(-c3ccco3)cc2NC(=O)c2ccc(OC)cc2OC)n1. The number of aromatic amines is 1. The number of anilines is 1. The lowest BCUT2D eigenvalue weighted by molar-refractivity contribution is 0.102. The Balaban J connectivity index is 1.77. The molecule has 0 aliphatic carbocycles. The highest BCUT2D eigenvalue weighted by Crippen LogP contribution is 2.28. The van der Waals surface area contributed by atoms with Crippen molar-refractivity contribution in [3.63, 3.8) is 0 Å². The number of hydrogen-bond acceptors (Lipinski definition) is 7. The van der Waals surface area contributed by atoms with Crippen LogP contribution in [0, 0.1) is 0 Å². The Morgan fingerprint density at radius 3 is 2.73 bits per heavy atom. The second-order valence-electron chi connectivity index (χ2n) is 7.13. The van der Waals surface area contributed by atoms with Crippen LogP contribution in [0.15, 0.2) is 57.9 Å². The fourth-order valence-corrected chi connectivity index (χ4v) is 3.32. The Bertz CT molecular complexity index is 1320. The number of methoxy groups -OCH3 is 2. The standard InChI is InChI=1S/C23H23N5O5/c1-4-6-14-11-21(29)26-23(24-14)28-20(13-17(27-28)18-7-5-10-33-18)25-22(30)16-9-8-15(31-2)12-19(16)32-3/h5,7-13H,4,6H2,1-3H3,(H,25,30)(H,24,26,29). The van der Waals surface area contributed by atoms with Crippen LogP contribution < -0.4 is 20.3 Å². The van der Waals surface area contributed by atoms with Crippen molar-refractivity contribution in [2.75, 3.05) is 19.5 Å². The second-order valence-corrected chi connectivity index (χ2v) is 7.13. The smallest absolute Gasteiger partial charge is 0.260 e. The van der Waals surface area contributed by atoms with Gasteiger partial charge >= 0.3 is 0 Å². The molecule has 3 aromatic heterocycles. The molecule has 0 spiro atoms. The number of furan rings is 1. The van der Waals surface area contributed by atoms with Crippen LogP contribution in [0.1, 0.15) is 29.4 Å². The van der Waals surface area contributed by atoms with E-state index in [0.29, 0.717) is 46.4 Å². The number of carbonyl (C=O) groups is 1. The Labute approximate surface area is 189 Å². The monoisotopic (exact) mass is 449 g/mol. The maximum Gasteiger partial charge on any atom is 0.260 e. The minimum absolute atomic E-state index is 0.181. The molecule has 0 unspecified atom stereocenters. The van der Waals surface area contributed by atoms with E-state index in [1.54, 1.807) is 36.4 Å². The van der Waals surface area contributed by atoms with Crippen molar-refractivity contribution < 1.29 is 18.7 Å². The van der Waals surface area contributed by atoms with Crippen molar-refractivity contribution in [2.24, 2.45) is 0 Å². The predicted octanol–water partition coefficient (Wildman–Crippen LogP) is 3.44. The molecule has 0 bridgehead atoms. The van der Waals surface area contributed by atoms with Crippen molar-refractivity contribution >= 4 is 11.7 Å². The zero-order valence-electron chi connectivity index (χ0n) is 18.4. The molecule has 0 saturated carbocycles. The van der Waals surface area contributed by atoms with E-state index in [-0.39, 0.29) is 11.5 Å². The van der Waals surface area contributed by atoms with Crippen molar-refractivity contribution in [3.8, 4) is 28.9 Å². The van der Waals surface area contributed by atoms with Gasteiger partial charge in [0.1, 0.15) is 23.0 Å². The van der Waals surface area contributed by atoms with Gasteiger partial charge in [-0.1, -0.05) is 13.3 Å². The highest BCUT2D eigenvalue weighted by Gasteiger charge is 2.20. The number of H-pyrrole nitrogens is 1. The minimum atomic E-state index is -0.436. The molecular weight excluding hydrogens is 426 g/mol. The lowest BCUT2D eigenvalue weighted by atomic mass is 10.1. The van der Waals surface area contributed by atoms with Gasteiger partial charge in [0.05, 0.1) is 26.0 Å². The molecule has 10 nitrogen and oxygen atoms in total. The van der Waals surface area contributed by atoms with Crippen LogP contribution >= 0.6 is 0 Å². The summed E-state index contributed by atoms with van der Waals surface area (Å²) in [7, 11) is 3.00. The predicted molar refractivity (Wildman–Crippen MR) is 121 cm³/mol. The molecule has 1 aromatic carbocycles.